The van der Waals surface area contributed by atoms with E-state index in [-0.39, 0.29) is 31.7 Å². The highest BCUT2D eigenvalue weighted by atomic mass is 35.5. The lowest BCUT2D eigenvalue weighted by Crippen LogP contribution is -2.39. The van der Waals surface area contributed by atoms with E-state index in [2.05, 4.69) is 104 Å². The first-order valence-electron chi connectivity index (χ1n) is 17.9. The first kappa shape index (κ1) is 38.8. The Morgan fingerprint density at radius 3 is 2.26 bits per heavy atom. The van der Waals surface area contributed by atoms with Crippen LogP contribution in [-0.4, -0.2) is 63.8 Å². The Morgan fingerprint density at radius 2 is 1.62 bits per heavy atom. The maximum atomic E-state index is 9.34. The molecular formula is C41H47ClN5O5P. The van der Waals surface area contributed by atoms with Crippen molar-refractivity contribution in [2.24, 2.45) is 0 Å². The fraction of sp³-hybridized carbons (Fsp3) is 0.390. The van der Waals surface area contributed by atoms with Crippen molar-refractivity contribution in [2.75, 3.05) is 20.3 Å². The Balaban J connectivity index is 1.42. The molecule has 0 spiro atoms. The van der Waals surface area contributed by atoms with Gasteiger partial charge in [-0.3, -0.25) is 0 Å². The van der Waals surface area contributed by atoms with Gasteiger partial charge in [-0.25, -0.2) is 14.6 Å². The first-order chi connectivity index (χ1) is 25.7. The lowest BCUT2D eigenvalue weighted by atomic mass is 9.79. The van der Waals surface area contributed by atoms with Gasteiger partial charge in [0, 0.05) is 24.7 Å². The monoisotopic (exact) mass is 755 g/mol. The van der Waals surface area contributed by atoms with E-state index < -0.39 is 32.6 Å². The Kier molecular flexibility index (Phi) is 12.8. The third-order valence-corrected chi connectivity index (χ3v) is 11.9. The second-order valence-electron chi connectivity index (χ2n) is 13.6. The van der Waals surface area contributed by atoms with E-state index in [4.69, 9.17) is 34.9 Å². The topological polar surface area (TPSA) is 104 Å². The third kappa shape index (κ3) is 8.43. The number of nitrogens with zero attached hydrogens (tertiary/aromatic N) is 5. The predicted molar refractivity (Wildman–Crippen MR) is 208 cm³/mol. The second kappa shape index (κ2) is 17.5. The highest BCUT2D eigenvalue weighted by molar-refractivity contribution is 7.44. The van der Waals surface area contributed by atoms with Gasteiger partial charge >= 0.3 is 0 Å². The smallest absolute Gasteiger partial charge is 0.259 e. The summed E-state index contributed by atoms with van der Waals surface area (Å²) in [7, 11) is 0.0917. The van der Waals surface area contributed by atoms with Crippen LogP contribution in [0.1, 0.15) is 69.0 Å². The van der Waals surface area contributed by atoms with Gasteiger partial charge in [0.1, 0.15) is 40.8 Å². The van der Waals surface area contributed by atoms with Crippen LogP contribution in [-0.2, 0) is 24.1 Å². The molecule has 0 amide bonds. The van der Waals surface area contributed by atoms with Gasteiger partial charge in [-0.15, -0.1) is 0 Å². The molecule has 5 atom stereocenters. The quantitative estimate of drug-likeness (QED) is 0.0422. The highest BCUT2D eigenvalue weighted by Gasteiger charge is 2.45. The van der Waals surface area contributed by atoms with E-state index in [1.807, 2.05) is 47.2 Å². The largest absolute Gasteiger partial charge is 0.497 e. The van der Waals surface area contributed by atoms with Crippen molar-refractivity contribution < 1.29 is 23.3 Å². The summed E-state index contributed by atoms with van der Waals surface area (Å²) in [4.78, 5) is 8.72. The van der Waals surface area contributed by atoms with Crippen molar-refractivity contribution in [2.45, 2.75) is 83.6 Å². The van der Waals surface area contributed by atoms with Gasteiger partial charge in [0.25, 0.3) is 8.53 Å². The van der Waals surface area contributed by atoms with Crippen LogP contribution < -0.4 is 4.74 Å². The minimum atomic E-state index is -1.57. The van der Waals surface area contributed by atoms with E-state index in [9.17, 15) is 5.26 Å². The highest BCUT2D eigenvalue weighted by Crippen LogP contribution is 2.51. The average Bonchev–Trinajstić information content (AvgIpc) is 3.78. The van der Waals surface area contributed by atoms with Gasteiger partial charge in [-0.05, 0) is 69.5 Å². The van der Waals surface area contributed by atoms with Crippen LogP contribution in [0.4, 0.5) is 0 Å². The number of halogens is 1. The summed E-state index contributed by atoms with van der Waals surface area (Å²) in [5.74, 6) is 0.752. The number of rotatable bonds is 16. The number of hydrogen-bond acceptors (Lipinski definition) is 9. The minimum Gasteiger partial charge on any atom is -0.497 e. The number of methoxy groups -OCH3 is 1. The molecule has 1 fully saturated rings. The predicted octanol–water partition coefficient (Wildman–Crippen LogP) is 9.36. The molecule has 3 heterocycles. The number of fused-ring (bicyclic) bond motifs is 1. The maximum Gasteiger partial charge on any atom is 0.259 e. The fourth-order valence-corrected chi connectivity index (χ4v) is 8.91. The molecule has 1 saturated heterocycles. The molecule has 0 aliphatic carbocycles. The van der Waals surface area contributed by atoms with Crippen LogP contribution in [0.5, 0.6) is 5.75 Å². The number of ether oxygens (including phenoxy) is 3. The van der Waals surface area contributed by atoms with Crippen molar-refractivity contribution in [1.29, 1.82) is 5.26 Å². The summed E-state index contributed by atoms with van der Waals surface area (Å²) in [5, 5.41) is 10.5. The average molecular weight is 756 g/mol. The van der Waals surface area contributed by atoms with E-state index in [0.29, 0.717) is 17.2 Å². The van der Waals surface area contributed by atoms with Crippen LogP contribution in [0.3, 0.4) is 0 Å². The Hall–Kier alpha value is -3.91. The van der Waals surface area contributed by atoms with Crippen molar-refractivity contribution in [1.82, 2.24) is 19.2 Å². The zero-order valence-electron chi connectivity index (χ0n) is 31.1. The van der Waals surface area contributed by atoms with Crippen LogP contribution in [0.25, 0.3) is 11.0 Å². The number of aromatic nitrogens is 3. The summed E-state index contributed by atoms with van der Waals surface area (Å²) in [6.45, 7) is 11.0. The molecular weight excluding hydrogens is 709 g/mol. The van der Waals surface area contributed by atoms with Gasteiger partial charge in [0.15, 0.2) is 0 Å². The third-order valence-electron chi connectivity index (χ3n) is 9.44. The molecule has 53 heavy (non-hydrogen) atoms. The zero-order chi connectivity index (χ0) is 37.5. The first-order valence-corrected chi connectivity index (χ1v) is 19.5. The Morgan fingerprint density at radius 1 is 0.962 bits per heavy atom. The van der Waals surface area contributed by atoms with Crippen molar-refractivity contribution in [3.63, 3.8) is 0 Å². The molecule has 0 N–H and O–H groups in total. The van der Waals surface area contributed by atoms with Crippen LogP contribution >= 0.6 is 20.1 Å². The minimum absolute atomic E-state index is 0.130. The van der Waals surface area contributed by atoms with E-state index in [1.54, 1.807) is 7.11 Å². The normalized spacial score (nSPS) is 19.2. The Labute approximate surface area is 318 Å². The molecule has 12 heteroatoms. The number of nitriles is 1. The molecule has 0 radical (unpaired) electrons. The van der Waals surface area contributed by atoms with Gasteiger partial charge in [0.2, 0.25) is 0 Å². The Bertz CT molecular complexity index is 1960. The van der Waals surface area contributed by atoms with Gasteiger partial charge < -0.3 is 27.8 Å². The molecule has 0 saturated carbocycles. The molecule has 5 aromatic rings. The van der Waals surface area contributed by atoms with Crippen molar-refractivity contribution in [3.8, 4) is 11.8 Å². The van der Waals surface area contributed by atoms with E-state index in [0.717, 1.165) is 33.4 Å². The standard InChI is InChI=1S/C41H47ClN5O5P/c1-28(2)47(29(3)4)53(50-24-10-22-43)52-36-25-38(46-23-21-35-39(42)44-27-45-40(35)46)51-37(36)26-49-41(31-11-8-7-9-12-31,32-15-13-30(5)14-16-32)33-17-19-34(48-6)20-18-33/h7-9,11-21,23,27-29,36-38H,10,24-26H2,1-6H3/t36-,37+,38+,41?,53?/m0/s1. The van der Waals surface area contributed by atoms with Crippen LogP contribution in [0.2, 0.25) is 5.15 Å². The number of hydrogen-bond donors (Lipinski definition) is 0. The van der Waals surface area contributed by atoms with Gasteiger partial charge in [0.05, 0.1) is 44.3 Å². The lowest BCUT2D eigenvalue weighted by molar-refractivity contribution is -0.0911. The maximum absolute atomic E-state index is 9.34. The van der Waals surface area contributed by atoms with Crippen molar-refractivity contribution >= 4 is 31.2 Å². The molecule has 10 nitrogen and oxygen atoms in total. The molecule has 6 rings (SSSR count). The SMILES string of the molecule is COc1ccc(C(OC[C@H]2O[C@@H](n3ccc4c(Cl)ncnc43)C[C@@H]2OP(OCCC#N)N(C(C)C)C(C)C)(c2ccccc2)c2ccc(C)cc2)cc1. The van der Waals surface area contributed by atoms with Gasteiger partial charge in [-0.1, -0.05) is 83.9 Å². The summed E-state index contributed by atoms with van der Waals surface area (Å²) in [6, 6.07) is 31.1. The number of aryl methyl sites for hydroxylation is 1. The summed E-state index contributed by atoms with van der Waals surface area (Å²) in [6.07, 6.45) is 2.74. The molecule has 3 aromatic carbocycles. The molecule has 2 aromatic heterocycles. The van der Waals surface area contributed by atoms with Gasteiger partial charge in [-0.2, -0.15) is 5.26 Å². The van der Waals surface area contributed by atoms with Crippen LogP contribution in [0.15, 0.2) is 97.5 Å². The summed E-state index contributed by atoms with van der Waals surface area (Å²) < 4.78 is 37.4. The summed E-state index contributed by atoms with van der Waals surface area (Å²) in [5.41, 5.74) is 3.69. The molecule has 0 bridgehead atoms. The second-order valence-corrected chi connectivity index (χ2v) is 15.4. The summed E-state index contributed by atoms with van der Waals surface area (Å²) >= 11 is 6.46. The lowest BCUT2D eigenvalue weighted by Gasteiger charge is -2.39. The van der Waals surface area contributed by atoms with Crippen molar-refractivity contribution in [3.05, 3.63) is 125 Å². The fourth-order valence-electron chi connectivity index (χ4n) is 6.96. The van der Waals surface area contributed by atoms with E-state index >= 15 is 0 Å². The molecule has 2 unspecified atom stereocenters. The zero-order valence-corrected chi connectivity index (χ0v) is 32.7. The van der Waals surface area contributed by atoms with Crippen LogP contribution in [0, 0.1) is 18.3 Å². The van der Waals surface area contributed by atoms with E-state index in [1.165, 1.54) is 6.33 Å². The molecule has 278 valence electrons. The molecule has 1 aliphatic rings. The molecule has 1 aliphatic heterocycles. The number of benzene rings is 3.